The lowest BCUT2D eigenvalue weighted by Gasteiger charge is -2.09. The number of carbonyl (C=O) groups is 1. The van der Waals surface area contributed by atoms with Crippen LogP contribution in [0.4, 0.5) is 0 Å². The Balaban J connectivity index is 1.57. The molecule has 0 radical (unpaired) electrons. The number of para-hydroxylation sites is 2. The van der Waals surface area contributed by atoms with Crippen molar-refractivity contribution < 1.29 is 13.9 Å². The standard InChI is InChI=1S/C17H13N3O3/c1-11(16-19-14-4-2-3-5-15(14)23-16)22-17(21)12-6-7-20-10-18-9-13(20)8-12/h2-11H,1H3/t11-/m1/s1. The second-order valence-corrected chi connectivity index (χ2v) is 5.21. The van der Waals surface area contributed by atoms with E-state index in [0.717, 1.165) is 11.0 Å². The lowest BCUT2D eigenvalue weighted by atomic mass is 10.2. The molecule has 0 aliphatic heterocycles. The quantitative estimate of drug-likeness (QED) is 0.543. The zero-order chi connectivity index (χ0) is 15.8. The van der Waals surface area contributed by atoms with Crippen LogP contribution in [0.5, 0.6) is 0 Å². The van der Waals surface area contributed by atoms with Crippen LogP contribution in [-0.2, 0) is 4.74 Å². The van der Waals surface area contributed by atoms with E-state index in [1.165, 1.54) is 0 Å². The molecule has 0 amide bonds. The van der Waals surface area contributed by atoms with E-state index in [-0.39, 0.29) is 0 Å². The molecule has 0 saturated carbocycles. The van der Waals surface area contributed by atoms with Crippen LogP contribution in [0.3, 0.4) is 0 Å². The van der Waals surface area contributed by atoms with E-state index in [0.29, 0.717) is 17.0 Å². The molecule has 0 saturated heterocycles. The first-order valence-electron chi connectivity index (χ1n) is 7.19. The molecular weight excluding hydrogens is 294 g/mol. The van der Waals surface area contributed by atoms with Crippen molar-refractivity contribution in [3.63, 3.8) is 0 Å². The number of esters is 1. The molecule has 0 unspecified atom stereocenters. The van der Waals surface area contributed by atoms with Gasteiger partial charge in [0, 0.05) is 6.20 Å². The first-order valence-corrected chi connectivity index (χ1v) is 7.19. The van der Waals surface area contributed by atoms with Crippen LogP contribution < -0.4 is 0 Å². The number of benzene rings is 1. The van der Waals surface area contributed by atoms with Crippen LogP contribution in [0.1, 0.15) is 29.3 Å². The minimum absolute atomic E-state index is 0.380. The number of imidazole rings is 1. The molecule has 1 atom stereocenters. The monoisotopic (exact) mass is 307 g/mol. The molecule has 3 heterocycles. The molecule has 0 N–H and O–H groups in total. The van der Waals surface area contributed by atoms with Crippen molar-refractivity contribution in [1.29, 1.82) is 0 Å². The van der Waals surface area contributed by atoms with Gasteiger partial charge in [0.25, 0.3) is 0 Å². The third kappa shape index (κ3) is 2.44. The first kappa shape index (κ1) is 13.5. The van der Waals surface area contributed by atoms with Gasteiger partial charge < -0.3 is 13.6 Å². The van der Waals surface area contributed by atoms with Gasteiger partial charge in [0.1, 0.15) is 5.52 Å². The Morgan fingerprint density at radius 3 is 3.04 bits per heavy atom. The molecule has 0 bridgehead atoms. The average molecular weight is 307 g/mol. The highest BCUT2D eigenvalue weighted by atomic mass is 16.6. The summed E-state index contributed by atoms with van der Waals surface area (Å²) in [5, 5.41) is 0. The molecule has 114 valence electrons. The Hall–Kier alpha value is -3.15. The van der Waals surface area contributed by atoms with Crippen LogP contribution in [-0.4, -0.2) is 20.3 Å². The molecule has 6 nitrogen and oxygen atoms in total. The van der Waals surface area contributed by atoms with Gasteiger partial charge in [-0.05, 0) is 31.2 Å². The van der Waals surface area contributed by atoms with Crippen LogP contribution >= 0.6 is 0 Å². The van der Waals surface area contributed by atoms with Crippen molar-refractivity contribution in [1.82, 2.24) is 14.4 Å². The van der Waals surface area contributed by atoms with Crippen molar-refractivity contribution >= 4 is 22.6 Å². The minimum atomic E-state index is -0.573. The molecular formula is C17H13N3O3. The van der Waals surface area contributed by atoms with E-state index in [1.807, 2.05) is 28.7 Å². The zero-order valence-electron chi connectivity index (χ0n) is 12.3. The molecule has 23 heavy (non-hydrogen) atoms. The summed E-state index contributed by atoms with van der Waals surface area (Å²) >= 11 is 0. The number of fused-ring (bicyclic) bond motifs is 2. The summed E-state index contributed by atoms with van der Waals surface area (Å²) in [4.78, 5) is 20.7. The average Bonchev–Trinajstić information content (AvgIpc) is 3.20. The van der Waals surface area contributed by atoms with Crippen molar-refractivity contribution in [2.75, 3.05) is 0 Å². The number of oxazole rings is 1. The summed E-state index contributed by atoms with van der Waals surface area (Å²) in [5.74, 6) is -0.0477. The first-order chi connectivity index (χ1) is 11.2. The number of rotatable bonds is 3. The molecule has 3 aromatic heterocycles. The van der Waals surface area contributed by atoms with E-state index < -0.39 is 12.1 Å². The third-order valence-corrected chi connectivity index (χ3v) is 3.59. The maximum atomic E-state index is 12.3. The van der Waals surface area contributed by atoms with Gasteiger partial charge in [-0.25, -0.2) is 14.8 Å². The zero-order valence-corrected chi connectivity index (χ0v) is 12.3. The molecule has 4 aromatic rings. The fourth-order valence-electron chi connectivity index (χ4n) is 2.39. The van der Waals surface area contributed by atoms with Gasteiger partial charge in [-0.1, -0.05) is 12.1 Å². The summed E-state index contributed by atoms with van der Waals surface area (Å²) in [7, 11) is 0. The second kappa shape index (κ2) is 5.24. The molecule has 1 aromatic carbocycles. The predicted molar refractivity (Wildman–Crippen MR) is 83.0 cm³/mol. The highest BCUT2D eigenvalue weighted by Crippen LogP contribution is 2.23. The van der Waals surface area contributed by atoms with Crippen LogP contribution in [0.2, 0.25) is 0 Å². The van der Waals surface area contributed by atoms with Crippen molar-refractivity contribution in [3.05, 3.63) is 66.6 Å². The number of pyridine rings is 1. The van der Waals surface area contributed by atoms with E-state index in [2.05, 4.69) is 9.97 Å². The smallest absolute Gasteiger partial charge is 0.339 e. The molecule has 0 aliphatic rings. The van der Waals surface area contributed by atoms with Gasteiger partial charge in [-0.15, -0.1) is 0 Å². The fraction of sp³-hybridized carbons (Fsp3) is 0.118. The van der Waals surface area contributed by atoms with Gasteiger partial charge in [-0.2, -0.15) is 0 Å². The lowest BCUT2D eigenvalue weighted by molar-refractivity contribution is 0.0282. The normalized spacial score (nSPS) is 12.6. The highest BCUT2D eigenvalue weighted by molar-refractivity contribution is 5.90. The summed E-state index contributed by atoms with van der Waals surface area (Å²) in [6.45, 7) is 1.74. The Kier molecular flexibility index (Phi) is 3.08. The SMILES string of the molecule is C[C@@H](OC(=O)c1ccn2cncc2c1)c1nc2ccccc2o1. The lowest BCUT2D eigenvalue weighted by Crippen LogP contribution is -2.09. The van der Waals surface area contributed by atoms with E-state index in [4.69, 9.17) is 9.15 Å². The van der Waals surface area contributed by atoms with Crippen LogP contribution in [0.25, 0.3) is 16.6 Å². The Morgan fingerprint density at radius 2 is 2.17 bits per heavy atom. The number of hydrogen-bond acceptors (Lipinski definition) is 5. The largest absolute Gasteiger partial charge is 0.449 e. The number of nitrogens with zero attached hydrogens (tertiary/aromatic N) is 3. The van der Waals surface area contributed by atoms with Gasteiger partial charge >= 0.3 is 5.97 Å². The highest BCUT2D eigenvalue weighted by Gasteiger charge is 2.19. The Morgan fingerprint density at radius 1 is 1.30 bits per heavy atom. The van der Waals surface area contributed by atoms with Crippen molar-refractivity contribution in [2.24, 2.45) is 0 Å². The van der Waals surface area contributed by atoms with Gasteiger partial charge in [0.2, 0.25) is 5.89 Å². The summed E-state index contributed by atoms with van der Waals surface area (Å²) in [6.07, 6.45) is 4.55. The fourth-order valence-corrected chi connectivity index (χ4v) is 2.39. The van der Waals surface area contributed by atoms with Gasteiger partial charge in [0.15, 0.2) is 11.7 Å². The van der Waals surface area contributed by atoms with Crippen LogP contribution in [0.15, 0.2) is 59.5 Å². The predicted octanol–water partition coefficient (Wildman–Crippen LogP) is 3.39. The Labute approximate surface area is 131 Å². The Bertz CT molecular complexity index is 969. The molecule has 0 aliphatic carbocycles. The van der Waals surface area contributed by atoms with E-state index in [1.54, 1.807) is 37.8 Å². The van der Waals surface area contributed by atoms with E-state index >= 15 is 0 Å². The summed E-state index contributed by atoms with van der Waals surface area (Å²) < 4.78 is 12.9. The number of aromatic nitrogens is 3. The maximum absolute atomic E-state index is 12.3. The molecule has 0 spiro atoms. The maximum Gasteiger partial charge on any atom is 0.339 e. The minimum Gasteiger partial charge on any atom is -0.449 e. The van der Waals surface area contributed by atoms with Gasteiger partial charge in [-0.3, -0.25) is 0 Å². The topological polar surface area (TPSA) is 69.6 Å². The second-order valence-electron chi connectivity index (χ2n) is 5.21. The van der Waals surface area contributed by atoms with Gasteiger partial charge in [0.05, 0.1) is 23.6 Å². The van der Waals surface area contributed by atoms with Crippen molar-refractivity contribution in [2.45, 2.75) is 13.0 Å². The number of hydrogen-bond donors (Lipinski definition) is 0. The third-order valence-electron chi connectivity index (χ3n) is 3.59. The van der Waals surface area contributed by atoms with E-state index in [9.17, 15) is 4.79 Å². The number of carbonyl (C=O) groups excluding carboxylic acids is 1. The molecule has 4 rings (SSSR count). The van der Waals surface area contributed by atoms with Crippen LogP contribution in [0, 0.1) is 0 Å². The van der Waals surface area contributed by atoms with Crippen molar-refractivity contribution in [3.8, 4) is 0 Å². The number of ether oxygens (including phenoxy) is 1. The summed E-state index contributed by atoms with van der Waals surface area (Å²) in [5.41, 5.74) is 2.70. The molecule has 6 heteroatoms. The summed E-state index contributed by atoms with van der Waals surface area (Å²) in [6, 6.07) is 10.9. The molecule has 0 fully saturated rings.